The Morgan fingerprint density at radius 2 is 1.78 bits per heavy atom. The van der Waals surface area contributed by atoms with Gasteiger partial charge in [0.15, 0.2) is 0 Å². The van der Waals surface area contributed by atoms with Crippen LogP contribution in [0.3, 0.4) is 0 Å². The minimum atomic E-state index is 0.390. The molecule has 2 atom stereocenters. The number of rotatable bonds is 4. The summed E-state index contributed by atoms with van der Waals surface area (Å²) in [7, 11) is 0. The highest BCUT2D eigenvalue weighted by Gasteiger charge is 2.33. The van der Waals surface area contributed by atoms with Gasteiger partial charge in [-0.2, -0.15) is 0 Å². The highest BCUT2D eigenvalue weighted by atomic mass is 16.3. The van der Waals surface area contributed by atoms with E-state index in [0.717, 1.165) is 11.8 Å². The normalized spacial score (nSPS) is 29.4. The lowest BCUT2D eigenvalue weighted by atomic mass is 9.88. The molecule has 1 aromatic rings. The Bertz CT molecular complexity index is 372. The van der Waals surface area contributed by atoms with E-state index in [-0.39, 0.29) is 0 Å². The lowest BCUT2D eigenvalue weighted by Crippen LogP contribution is -2.47. The molecule has 2 heteroatoms. The molecule has 2 unspecified atom stereocenters. The summed E-state index contributed by atoms with van der Waals surface area (Å²) in [4.78, 5) is 2.57. The van der Waals surface area contributed by atoms with E-state index in [9.17, 15) is 5.11 Å². The van der Waals surface area contributed by atoms with Crippen molar-refractivity contribution in [2.24, 2.45) is 11.8 Å². The third-order valence-corrected chi connectivity index (χ3v) is 4.77. The van der Waals surface area contributed by atoms with Crippen molar-refractivity contribution < 1.29 is 5.11 Å². The van der Waals surface area contributed by atoms with Crippen LogP contribution in [-0.4, -0.2) is 36.2 Å². The van der Waals surface area contributed by atoms with Gasteiger partial charge in [-0.1, -0.05) is 36.8 Å². The third kappa shape index (κ3) is 2.45. The predicted molar refractivity (Wildman–Crippen MR) is 73.5 cm³/mol. The summed E-state index contributed by atoms with van der Waals surface area (Å²) in [6.45, 7) is 4.01. The van der Waals surface area contributed by atoms with Crippen LogP contribution in [0, 0.1) is 11.8 Å². The molecule has 18 heavy (non-hydrogen) atoms. The molecule has 0 radical (unpaired) electrons. The first-order valence-electron chi connectivity index (χ1n) is 7.25. The van der Waals surface area contributed by atoms with Crippen molar-refractivity contribution in [2.75, 3.05) is 26.2 Å². The van der Waals surface area contributed by atoms with Crippen LogP contribution in [0.5, 0.6) is 0 Å². The van der Waals surface area contributed by atoms with Crippen LogP contribution >= 0.6 is 0 Å². The highest BCUT2D eigenvalue weighted by molar-refractivity contribution is 5.22. The molecule has 2 aliphatic rings. The van der Waals surface area contributed by atoms with E-state index in [0.29, 0.717) is 12.5 Å². The second-order valence-corrected chi connectivity index (χ2v) is 5.96. The molecule has 0 bridgehead atoms. The maximum atomic E-state index is 9.35. The average Bonchev–Trinajstić information content (AvgIpc) is 2.81. The summed E-state index contributed by atoms with van der Waals surface area (Å²) >= 11 is 0. The topological polar surface area (TPSA) is 23.5 Å². The summed E-state index contributed by atoms with van der Waals surface area (Å²) in [5, 5.41) is 9.35. The molecule has 0 spiro atoms. The summed E-state index contributed by atoms with van der Waals surface area (Å²) in [6.07, 6.45) is 3.86. The van der Waals surface area contributed by atoms with Crippen LogP contribution in [0.4, 0.5) is 0 Å². The van der Waals surface area contributed by atoms with Gasteiger partial charge in [-0.05, 0) is 30.2 Å². The van der Waals surface area contributed by atoms with Gasteiger partial charge < -0.3 is 10.0 Å². The van der Waals surface area contributed by atoms with Crippen LogP contribution in [0.1, 0.15) is 30.7 Å². The van der Waals surface area contributed by atoms with Crippen molar-refractivity contribution in [3.05, 3.63) is 35.9 Å². The van der Waals surface area contributed by atoms with Gasteiger partial charge in [-0.3, -0.25) is 0 Å². The van der Waals surface area contributed by atoms with E-state index in [4.69, 9.17) is 0 Å². The van der Waals surface area contributed by atoms with Gasteiger partial charge >= 0.3 is 0 Å². The number of benzene rings is 1. The first-order chi connectivity index (χ1) is 8.86. The van der Waals surface area contributed by atoms with E-state index < -0.39 is 0 Å². The quantitative estimate of drug-likeness (QED) is 0.881. The van der Waals surface area contributed by atoms with Gasteiger partial charge in [-0.25, -0.2) is 0 Å². The monoisotopic (exact) mass is 245 g/mol. The van der Waals surface area contributed by atoms with Crippen molar-refractivity contribution in [1.29, 1.82) is 0 Å². The van der Waals surface area contributed by atoms with Crippen LogP contribution in [-0.2, 0) is 0 Å². The summed E-state index contributed by atoms with van der Waals surface area (Å²) in [5.74, 6) is 2.05. The average molecular weight is 245 g/mol. The molecule has 2 nitrogen and oxygen atoms in total. The number of nitrogens with zero attached hydrogens (tertiary/aromatic N) is 1. The molecule has 1 saturated heterocycles. The minimum absolute atomic E-state index is 0.390. The second kappa shape index (κ2) is 5.41. The molecule has 3 rings (SSSR count). The molecule has 1 saturated carbocycles. The number of aliphatic hydroxyl groups is 1. The van der Waals surface area contributed by atoms with Gasteiger partial charge in [-0.15, -0.1) is 0 Å². The van der Waals surface area contributed by atoms with E-state index in [1.165, 1.54) is 44.5 Å². The molecule has 1 heterocycles. The number of hydrogen-bond acceptors (Lipinski definition) is 2. The lowest BCUT2D eigenvalue weighted by Gasteiger charge is -2.41. The van der Waals surface area contributed by atoms with Crippen molar-refractivity contribution in [1.82, 2.24) is 4.90 Å². The molecule has 1 N–H and O–H groups in total. The SMILES string of the molecule is OCC1CCCC1CN1CC(c2ccccc2)C1. The zero-order valence-corrected chi connectivity index (χ0v) is 11.0. The van der Waals surface area contributed by atoms with E-state index in [2.05, 4.69) is 35.2 Å². The smallest absolute Gasteiger partial charge is 0.0462 e. The number of likely N-dealkylation sites (tertiary alicyclic amines) is 1. The Morgan fingerprint density at radius 1 is 1.06 bits per heavy atom. The van der Waals surface area contributed by atoms with Gasteiger partial charge in [0.2, 0.25) is 0 Å². The Hall–Kier alpha value is -0.860. The fourth-order valence-electron chi connectivity index (χ4n) is 3.58. The van der Waals surface area contributed by atoms with Gasteiger partial charge in [0.05, 0.1) is 0 Å². The highest BCUT2D eigenvalue weighted by Crippen LogP contribution is 2.35. The molecule has 1 aromatic carbocycles. The molecular weight excluding hydrogens is 222 g/mol. The predicted octanol–water partition coefficient (Wildman–Crippen LogP) is 2.49. The van der Waals surface area contributed by atoms with Gasteiger partial charge in [0, 0.05) is 32.2 Å². The zero-order chi connectivity index (χ0) is 12.4. The maximum Gasteiger partial charge on any atom is 0.0462 e. The summed E-state index contributed by atoms with van der Waals surface area (Å²) in [6, 6.07) is 10.8. The van der Waals surface area contributed by atoms with Crippen LogP contribution in [0.2, 0.25) is 0 Å². The molecule has 2 fully saturated rings. The number of hydrogen-bond donors (Lipinski definition) is 1. The Labute approximate surface area is 110 Å². The molecule has 1 aliphatic heterocycles. The summed E-state index contributed by atoms with van der Waals surface area (Å²) in [5.41, 5.74) is 1.49. The fraction of sp³-hybridized carbons (Fsp3) is 0.625. The van der Waals surface area contributed by atoms with E-state index in [1.54, 1.807) is 0 Å². The Kier molecular flexibility index (Phi) is 3.67. The number of aliphatic hydroxyl groups excluding tert-OH is 1. The molecule has 98 valence electrons. The first-order valence-corrected chi connectivity index (χ1v) is 7.25. The standard InChI is InChI=1S/C16H23NO/c18-12-15-8-4-7-14(15)9-17-10-16(11-17)13-5-2-1-3-6-13/h1-3,5-6,14-16,18H,4,7-12H2. The molecule has 0 aromatic heterocycles. The van der Waals surface area contributed by atoms with Crippen LogP contribution in [0.25, 0.3) is 0 Å². The Morgan fingerprint density at radius 3 is 2.50 bits per heavy atom. The van der Waals surface area contributed by atoms with E-state index >= 15 is 0 Å². The molecular formula is C16H23NO. The molecule has 0 amide bonds. The zero-order valence-electron chi connectivity index (χ0n) is 11.0. The van der Waals surface area contributed by atoms with Crippen LogP contribution in [0.15, 0.2) is 30.3 Å². The first kappa shape index (κ1) is 12.2. The Balaban J connectivity index is 1.48. The van der Waals surface area contributed by atoms with Crippen LogP contribution < -0.4 is 0 Å². The summed E-state index contributed by atoms with van der Waals surface area (Å²) < 4.78 is 0. The van der Waals surface area contributed by atoms with Crippen molar-refractivity contribution in [3.63, 3.8) is 0 Å². The molecule has 1 aliphatic carbocycles. The van der Waals surface area contributed by atoms with Crippen molar-refractivity contribution in [2.45, 2.75) is 25.2 Å². The second-order valence-electron chi connectivity index (χ2n) is 5.96. The minimum Gasteiger partial charge on any atom is -0.396 e. The van der Waals surface area contributed by atoms with Crippen molar-refractivity contribution in [3.8, 4) is 0 Å². The maximum absolute atomic E-state index is 9.35. The largest absolute Gasteiger partial charge is 0.396 e. The lowest BCUT2D eigenvalue weighted by molar-refractivity contribution is 0.0961. The van der Waals surface area contributed by atoms with Gasteiger partial charge in [0.1, 0.15) is 0 Å². The van der Waals surface area contributed by atoms with Gasteiger partial charge in [0.25, 0.3) is 0 Å². The fourth-order valence-corrected chi connectivity index (χ4v) is 3.58. The van der Waals surface area contributed by atoms with E-state index in [1.807, 2.05) is 0 Å². The van der Waals surface area contributed by atoms with Crippen molar-refractivity contribution >= 4 is 0 Å². The third-order valence-electron chi connectivity index (χ3n) is 4.77.